The molecule has 1 fully saturated rings. The van der Waals surface area contributed by atoms with Crippen molar-refractivity contribution in [2.75, 3.05) is 27.9 Å². The first kappa shape index (κ1) is 16.4. The number of hydrogen-bond donors (Lipinski definition) is 0. The molecule has 2 bridgehead atoms. The maximum Gasteiger partial charge on any atom is 0.203 e. The van der Waals surface area contributed by atoms with Crippen LogP contribution >= 0.6 is 0 Å². The molecule has 0 aliphatic carbocycles. The van der Waals surface area contributed by atoms with E-state index >= 15 is 0 Å². The summed E-state index contributed by atoms with van der Waals surface area (Å²) >= 11 is 0. The van der Waals surface area contributed by atoms with Crippen LogP contribution in [0.1, 0.15) is 37.0 Å². The van der Waals surface area contributed by atoms with Crippen LogP contribution in [0.5, 0.6) is 17.2 Å². The predicted molar refractivity (Wildman–Crippen MR) is 89.3 cm³/mol. The van der Waals surface area contributed by atoms with Crippen molar-refractivity contribution in [3.63, 3.8) is 0 Å². The van der Waals surface area contributed by atoms with Gasteiger partial charge in [-0.2, -0.15) is 0 Å². The third-order valence-electron chi connectivity index (χ3n) is 5.43. The Morgan fingerprint density at radius 1 is 1.16 bits per heavy atom. The minimum atomic E-state index is -0.705. The summed E-state index contributed by atoms with van der Waals surface area (Å²) in [5.74, 6) is 1.80. The average Bonchev–Trinajstić information content (AvgIpc) is 2.90. The maximum absolute atomic E-state index is 12.1. The van der Waals surface area contributed by atoms with E-state index < -0.39 is 11.7 Å². The number of Topliss-reactive ketones (excluding diaryl/α,β-unsaturated/α-hetero) is 1. The highest BCUT2D eigenvalue weighted by molar-refractivity contribution is 5.87. The van der Waals surface area contributed by atoms with Crippen LogP contribution in [0, 0.1) is 0 Å². The first-order chi connectivity index (χ1) is 12.1. The van der Waals surface area contributed by atoms with Crippen molar-refractivity contribution in [1.82, 2.24) is 0 Å². The van der Waals surface area contributed by atoms with Crippen molar-refractivity contribution >= 4 is 5.78 Å². The van der Waals surface area contributed by atoms with Gasteiger partial charge >= 0.3 is 0 Å². The Hall–Kier alpha value is -2.05. The maximum atomic E-state index is 12.1. The molecule has 0 aromatic heterocycles. The fourth-order valence-electron chi connectivity index (χ4n) is 4.19. The van der Waals surface area contributed by atoms with Gasteiger partial charge in [-0.3, -0.25) is 4.79 Å². The van der Waals surface area contributed by atoms with Crippen LogP contribution < -0.4 is 14.2 Å². The fraction of sp³-hybridized carbons (Fsp3) is 0.526. The van der Waals surface area contributed by atoms with Gasteiger partial charge < -0.3 is 23.7 Å². The Morgan fingerprint density at radius 2 is 1.92 bits per heavy atom. The number of ketones is 1. The van der Waals surface area contributed by atoms with Crippen molar-refractivity contribution in [3.05, 3.63) is 28.8 Å². The quantitative estimate of drug-likeness (QED) is 0.784. The van der Waals surface area contributed by atoms with Crippen LogP contribution in [-0.4, -0.2) is 39.8 Å². The van der Waals surface area contributed by atoms with E-state index in [2.05, 4.69) is 0 Å². The second-order valence-electron chi connectivity index (χ2n) is 6.59. The molecule has 0 unspecified atom stereocenters. The van der Waals surface area contributed by atoms with E-state index in [0.717, 1.165) is 16.7 Å². The standard InChI is InChI=1S/C19H22O6/c1-10-12-8-15(21-2)17(22-3)18(23-4)16(12)19-6-5-13(20)14(25-19)7-11(19)9-24-10/h7-8,10,14H,5-6,9H2,1-4H3/t10-,14+,19+/m1/s1. The third-order valence-corrected chi connectivity index (χ3v) is 5.43. The van der Waals surface area contributed by atoms with Crippen molar-refractivity contribution in [2.45, 2.75) is 37.6 Å². The van der Waals surface area contributed by atoms with Gasteiger partial charge in [0, 0.05) is 12.0 Å². The topological polar surface area (TPSA) is 63.2 Å². The van der Waals surface area contributed by atoms with Crippen molar-refractivity contribution in [2.24, 2.45) is 0 Å². The number of benzene rings is 1. The van der Waals surface area contributed by atoms with Gasteiger partial charge in [0.1, 0.15) is 11.7 Å². The summed E-state index contributed by atoms with van der Waals surface area (Å²) < 4.78 is 29.1. The van der Waals surface area contributed by atoms with Gasteiger partial charge in [0.25, 0.3) is 0 Å². The molecule has 1 aromatic carbocycles. The van der Waals surface area contributed by atoms with Crippen LogP contribution in [0.3, 0.4) is 0 Å². The van der Waals surface area contributed by atoms with Gasteiger partial charge in [0.05, 0.1) is 34.0 Å². The SMILES string of the molecule is COc1cc2c(c(OC)c1OC)[C@]13CCC(=O)[C@H](C=C1CO[C@@H]2C)O3. The summed E-state index contributed by atoms with van der Waals surface area (Å²) in [6.07, 6.45) is 2.28. The second-order valence-corrected chi connectivity index (χ2v) is 6.59. The highest BCUT2D eigenvalue weighted by Gasteiger charge is 2.54. The lowest BCUT2D eigenvalue weighted by atomic mass is 9.79. The molecule has 0 radical (unpaired) electrons. The monoisotopic (exact) mass is 346 g/mol. The van der Waals surface area contributed by atoms with Crippen LogP contribution in [0.25, 0.3) is 0 Å². The van der Waals surface area contributed by atoms with Gasteiger partial charge in [-0.25, -0.2) is 0 Å². The molecule has 0 amide bonds. The number of methoxy groups -OCH3 is 3. The highest BCUT2D eigenvalue weighted by Crippen LogP contribution is 2.57. The summed E-state index contributed by atoms with van der Waals surface area (Å²) in [5, 5.41) is 0. The van der Waals surface area contributed by atoms with Crippen LogP contribution in [0.15, 0.2) is 17.7 Å². The smallest absolute Gasteiger partial charge is 0.203 e. The van der Waals surface area contributed by atoms with E-state index in [4.69, 9.17) is 23.7 Å². The van der Waals surface area contributed by atoms with E-state index in [0.29, 0.717) is 36.7 Å². The van der Waals surface area contributed by atoms with Crippen LogP contribution in [-0.2, 0) is 19.9 Å². The molecule has 3 aliphatic rings. The zero-order valence-electron chi connectivity index (χ0n) is 14.9. The van der Waals surface area contributed by atoms with E-state index in [1.54, 1.807) is 21.3 Å². The molecule has 4 rings (SSSR count). The number of rotatable bonds is 3. The number of ether oxygens (including phenoxy) is 5. The molecule has 3 aliphatic heterocycles. The minimum absolute atomic E-state index is 0.111. The van der Waals surface area contributed by atoms with Gasteiger partial charge in [-0.15, -0.1) is 0 Å². The van der Waals surface area contributed by atoms with Gasteiger partial charge in [0.2, 0.25) is 5.75 Å². The zero-order chi connectivity index (χ0) is 17.8. The summed E-state index contributed by atoms with van der Waals surface area (Å²) in [7, 11) is 4.78. The van der Waals surface area contributed by atoms with Crippen molar-refractivity contribution in [1.29, 1.82) is 0 Å². The number of carbonyl (C=O) groups is 1. The molecule has 6 nitrogen and oxygen atoms in total. The van der Waals surface area contributed by atoms with E-state index in [9.17, 15) is 4.79 Å². The first-order valence-corrected chi connectivity index (χ1v) is 8.42. The van der Waals surface area contributed by atoms with Gasteiger partial charge in [-0.1, -0.05) is 0 Å². The second kappa shape index (κ2) is 5.75. The minimum Gasteiger partial charge on any atom is -0.493 e. The summed E-state index contributed by atoms with van der Waals surface area (Å²) in [6.45, 7) is 2.42. The molecule has 134 valence electrons. The molecule has 0 N–H and O–H groups in total. The molecular weight excluding hydrogens is 324 g/mol. The lowest BCUT2D eigenvalue weighted by Gasteiger charge is -2.37. The molecule has 25 heavy (non-hydrogen) atoms. The summed E-state index contributed by atoms with van der Waals surface area (Å²) in [6, 6.07) is 1.92. The molecule has 6 heteroatoms. The normalized spacial score (nSPS) is 30.1. The van der Waals surface area contributed by atoms with E-state index in [1.807, 2.05) is 19.1 Å². The Balaban J connectivity index is 2.03. The van der Waals surface area contributed by atoms with Gasteiger partial charge in [0.15, 0.2) is 17.3 Å². The molecular formula is C19H22O6. The fourth-order valence-corrected chi connectivity index (χ4v) is 4.19. The number of fused-ring (bicyclic) bond motifs is 2. The molecule has 3 atom stereocenters. The molecule has 1 spiro atoms. The first-order valence-electron chi connectivity index (χ1n) is 8.42. The summed E-state index contributed by atoms with van der Waals surface area (Å²) in [5.41, 5.74) is 2.11. The predicted octanol–water partition coefficient (Wildman–Crippen LogP) is 2.69. The van der Waals surface area contributed by atoms with Crippen molar-refractivity contribution < 1.29 is 28.5 Å². The van der Waals surface area contributed by atoms with E-state index in [-0.39, 0.29) is 11.9 Å². The van der Waals surface area contributed by atoms with Crippen LogP contribution in [0.2, 0.25) is 0 Å². The Morgan fingerprint density at radius 3 is 2.60 bits per heavy atom. The van der Waals surface area contributed by atoms with E-state index in [1.165, 1.54) is 0 Å². The number of hydrogen-bond acceptors (Lipinski definition) is 6. The molecule has 1 saturated heterocycles. The highest BCUT2D eigenvalue weighted by atomic mass is 16.5. The Kier molecular flexibility index (Phi) is 3.77. The molecule has 0 saturated carbocycles. The zero-order valence-corrected chi connectivity index (χ0v) is 14.9. The van der Waals surface area contributed by atoms with Gasteiger partial charge in [-0.05, 0) is 36.6 Å². The largest absolute Gasteiger partial charge is 0.493 e. The van der Waals surface area contributed by atoms with Crippen LogP contribution in [0.4, 0.5) is 0 Å². The molecule has 3 heterocycles. The average molecular weight is 346 g/mol. The Bertz CT molecular complexity index is 768. The molecule has 1 aromatic rings. The third kappa shape index (κ3) is 2.14. The summed E-state index contributed by atoms with van der Waals surface area (Å²) in [4.78, 5) is 12.1. The Labute approximate surface area is 146 Å². The lowest BCUT2D eigenvalue weighted by molar-refractivity contribution is -0.144. The lowest BCUT2D eigenvalue weighted by Crippen LogP contribution is -2.39. The van der Waals surface area contributed by atoms with Crippen molar-refractivity contribution in [3.8, 4) is 17.2 Å². The number of carbonyl (C=O) groups excluding carboxylic acids is 1.